The van der Waals surface area contributed by atoms with E-state index in [0.29, 0.717) is 13.0 Å². The fourth-order valence-corrected chi connectivity index (χ4v) is 2.08. The maximum Gasteiger partial charge on any atom is 0.227 e. The second-order valence-electron chi connectivity index (χ2n) is 4.23. The molecule has 1 atom stereocenters. The van der Waals surface area contributed by atoms with Crippen LogP contribution in [0.3, 0.4) is 0 Å². The second-order valence-corrected chi connectivity index (χ2v) is 4.23. The summed E-state index contributed by atoms with van der Waals surface area (Å²) in [5, 5.41) is 18.3. The molecule has 1 fully saturated rings. The van der Waals surface area contributed by atoms with Crippen molar-refractivity contribution in [3.63, 3.8) is 0 Å². The first-order chi connectivity index (χ1) is 7.61. The second kappa shape index (κ2) is 4.14. The van der Waals surface area contributed by atoms with Gasteiger partial charge < -0.3 is 15.1 Å². The zero-order valence-corrected chi connectivity index (χ0v) is 9.18. The molecule has 2 rings (SSSR count). The summed E-state index contributed by atoms with van der Waals surface area (Å²) in [6.45, 7) is 2.45. The average Bonchev–Trinajstić information content (AvgIpc) is 2.60. The number of nitrogens with zero attached hydrogens (tertiary/aromatic N) is 1. The fourth-order valence-electron chi connectivity index (χ4n) is 2.08. The lowest BCUT2D eigenvalue weighted by Gasteiger charge is -2.19. The number of phenols is 1. The van der Waals surface area contributed by atoms with E-state index in [1.165, 1.54) is 0 Å². The van der Waals surface area contributed by atoms with Crippen LogP contribution in [0.1, 0.15) is 12.0 Å². The predicted molar refractivity (Wildman–Crippen MR) is 60.4 cm³/mol. The highest BCUT2D eigenvalue weighted by atomic mass is 16.3. The van der Waals surface area contributed by atoms with Gasteiger partial charge in [-0.1, -0.05) is 0 Å². The number of amides is 1. The van der Waals surface area contributed by atoms with Gasteiger partial charge in [-0.2, -0.15) is 0 Å². The van der Waals surface area contributed by atoms with Gasteiger partial charge in [0.15, 0.2) is 0 Å². The van der Waals surface area contributed by atoms with E-state index in [4.69, 9.17) is 5.11 Å². The first-order valence-electron chi connectivity index (χ1n) is 5.32. The first kappa shape index (κ1) is 11.0. The van der Waals surface area contributed by atoms with Crippen LogP contribution in [0.5, 0.6) is 5.75 Å². The number of carbonyl (C=O) groups excluding carboxylic acids is 1. The summed E-state index contributed by atoms with van der Waals surface area (Å²) in [6.07, 6.45) is 0.400. The maximum atomic E-state index is 11.7. The van der Waals surface area contributed by atoms with Crippen LogP contribution in [-0.2, 0) is 4.79 Å². The Bertz CT molecular complexity index is 417. The van der Waals surface area contributed by atoms with E-state index in [1.54, 1.807) is 23.1 Å². The molecule has 16 heavy (non-hydrogen) atoms. The molecule has 1 aliphatic rings. The molecule has 1 unspecified atom stereocenters. The zero-order valence-electron chi connectivity index (χ0n) is 9.18. The lowest BCUT2D eigenvalue weighted by molar-refractivity contribution is -0.117. The topological polar surface area (TPSA) is 60.8 Å². The molecule has 4 heteroatoms. The van der Waals surface area contributed by atoms with Gasteiger partial charge in [0.05, 0.1) is 0 Å². The Balaban J connectivity index is 2.28. The molecule has 1 aromatic carbocycles. The van der Waals surface area contributed by atoms with Gasteiger partial charge in [0, 0.05) is 31.2 Å². The minimum Gasteiger partial charge on any atom is -0.508 e. The fraction of sp³-hybridized carbons (Fsp3) is 0.417. The van der Waals surface area contributed by atoms with Gasteiger partial charge in [-0.3, -0.25) is 4.79 Å². The van der Waals surface area contributed by atoms with Gasteiger partial charge in [-0.15, -0.1) is 0 Å². The van der Waals surface area contributed by atoms with Crippen LogP contribution in [0, 0.1) is 12.8 Å². The number of aromatic hydroxyl groups is 1. The van der Waals surface area contributed by atoms with Gasteiger partial charge in [0.25, 0.3) is 0 Å². The molecule has 86 valence electrons. The third-order valence-corrected chi connectivity index (χ3v) is 2.93. The number of benzene rings is 1. The maximum absolute atomic E-state index is 11.7. The predicted octanol–water partition coefficient (Wildman–Crippen LogP) is 1.05. The molecule has 1 saturated heterocycles. The van der Waals surface area contributed by atoms with E-state index < -0.39 is 0 Å². The van der Waals surface area contributed by atoms with Crippen molar-refractivity contribution in [1.82, 2.24) is 0 Å². The summed E-state index contributed by atoms with van der Waals surface area (Å²) in [5.41, 5.74) is 1.69. The SMILES string of the molecule is Cc1cc(O)ccc1N1CC(CO)CC1=O. The summed E-state index contributed by atoms with van der Waals surface area (Å²) >= 11 is 0. The van der Waals surface area contributed by atoms with Crippen molar-refractivity contribution in [2.45, 2.75) is 13.3 Å². The Hall–Kier alpha value is -1.55. The van der Waals surface area contributed by atoms with Crippen LogP contribution < -0.4 is 4.90 Å². The number of hydrogen-bond acceptors (Lipinski definition) is 3. The van der Waals surface area contributed by atoms with E-state index in [0.717, 1.165) is 11.3 Å². The standard InChI is InChI=1S/C12H15NO3/c1-8-4-10(15)2-3-11(8)13-6-9(7-14)5-12(13)16/h2-4,9,14-15H,5-7H2,1H3. The quantitative estimate of drug-likeness (QED) is 0.784. The highest BCUT2D eigenvalue weighted by molar-refractivity contribution is 5.96. The van der Waals surface area contributed by atoms with Crippen molar-refractivity contribution >= 4 is 11.6 Å². The number of rotatable bonds is 2. The van der Waals surface area contributed by atoms with E-state index >= 15 is 0 Å². The van der Waals surface area contributed by atoms with Gasteiger partial charge in [0.2, 0.25) is 5.91 Å². The molecule has 0 saturated carbocycles. The van der Waals surface area contributed by atoms with Crippen molar-refractivity contribution < 1.29 is 15.0 Å². The minimum atomic E-state index is 0.0284. The molecule has 1 amide bonds. The normalized spacial score (nSPS) is 20.5. The van der Waals surface area contributed by atoms with Crippen molar-refractivity contribution in [3.05, 3.63) is 23.8 Å². The number of aliphatic hydroxyl groups excluding tert-OH is 1. The van der Waals surface area contributed by atoms with Crippen LogP contribution >= 0.6 is 0 Å². The summed E-state index contributed by atoms with van der Waals surface area (Å²) in [6, 6.07) is 4.94. The summed E-state index contributed by atoms with van der Waals surface area (Å²) < 4.78 is 0. The van der Waals surface area contributed by atoms with Crippen LogP contribution in [0.4, 0.5) is 5.69 Å². The average molecular weight is 221 g/mol. The smallest absolute Gasteiger partial charge is 0.227 e. The number of aliphatic hydroxyl groups is 1. The van der Waals surface area contributed by atoms with Crippen molar-refractivity contribution in [2.75, 3.05) is 18.1 Å². The molecule has 1 heterocycles. The Labute approximate surface area is 94.1 Å². The van der Waals surface area contributed by atoms with Gasteiger partial charge in [-0.25, -0.2) is 0 Å². The number of hydrogen-bond donors (Lipinski definition) is 2. The van der Waals surface area contributed by atoms with Crippen LogP contribution in [0.25, 0.3) is 0 Å². The molecule has 0 radical (unpaired) electrons. The summed E-state index contributed by atoms with van der Waals surface area (Å²) in [5.74, 6) is 0.264. The first-order valence-corrected chi connectivity index (χ1v) is 5.32. The van der Waals surface area contributed by atoms with Crippen LogP contribution in [0.2, 0.25) is 0 Å². The van der Waals surface area contributed by atoms with E-state index in [1.807, 2.05) is 6.92 Å². The third-order valence-electron chi connectivity index (χ3n) is 2.93. The lowest BCUT2D eigenvalue weighted by atomic mass is 10.1. The van der Waals surface area contributed by atoms with Crippen molar-refractivity contribution in [1.29, 1.82) is 0 Å². The number of carbonyl (C=O) groups is 1. The summed E-state index contributed by atoms with van der Waals surface area (Å²) in [4.78, 5) is 13.4. The van der Waals surface area contributed by atoms with Crippen LogP contribution in [0.15, 0.2) is 18.2 Å². The van der Waals surface area contributed by atoms with Crippen LogP contribution in [-0.4, -0.2) is 29.3 Å². The number of anilines is 1. The third kappa shape index (κ3) is 1.88. The van der Waals surface area contributed by atoms with Crippen molar-refractivity contribution in [3.8, 4) is 5.75 Å². The summed E-state index contributed by atoms with van der Waals surface area (Å²) in [7, 11) is 0. The van der Waals surface area contributed by atoms with E-state index in [9.17, 15) is 9.90 Å². The monoisotopic (exact) mass is 221 g/mol. The molecule has 0 aromatic heterocycles. The molecular weight excluding hydrogens is 206 g/mol. The molecule has 0 aliphatic carbocycles. The molecule has 0 bridgehead atoms. The van der Waals surface area contributed by atoms with Crippen molar-refractivity contribution in [2.24, 2.45) is 5.92 Å². The Morgan fingerprint density at radius 2 is 2.25 bits per heavy atom. The minimum absolute atomic E-state index is 0.0284. The van der Waals surface area contributed by atoms with Gasteiger partial charge in [0.1, 0.15) is 5.75 Å². The molecular formula is C12H15NO3. The Morgan fingerprint density at radius 3 is 2.81 bits per heavy atom. The van der Waals surface area contributed by atoms with Gasteiger partial charge >= 0.3 is 0 Å². The van der Waals surface area contributed by atoms with Gasteiger partial charge in [-0.05, 0) is 30.7 Å². The largest absolute Gasteiger partial charge is 0.508 e. The number of phenolic OH excluding ortho intramolecular Hbond substituents is 1. The zero-order chi connectivity index (χ0) is 11.7. The highest BCUT2D eigenvalue weighted by Crippen LogP contribution is 2.29. The lowest BCUT2D eigenvalue weighted by Crippen LogP contribution is -2.25. The Morgan fingerprint density at radius 1 is 1.50 bits per heavy atom. The molecule has 0 spiro atoms. The molecule has 1 aliphatic heterocycles. The Kier molecular flexibility index (Phi) is 2.83. The molecule has 2 N–H and O–H groups in total. The van der Waals surface area contributed by atoms with E-state index in [-0.39, 0.29) is 24.2 Å². The molecule has 4 nitrogen and oxygen atoms in total. The van der Waals surface area contributed by atoms with E-state index in [2.05, 4.69) is 0 Å². The molecule has 1 aromatic rings. The highest BCUT2D eigenvalue weighted by Gasteiger charge is 2.30. The number of aryl methyl sites for hydroxylation is 1.